The van der Waals surface area contributed by atoms with Crippen LogP contribution in [0, 0.1) is 11.7 Å². The van der Waals surface area contributed by atoms with Gasteiger partial charge in [0, 0.05) is 30.0 Å². The van der Waals surface area contributed by atoms with Crippen molar-refractivity contribution in [3.63, 3.8) is 0 Å². The van der Waals surface area contributed by atoms with Crippen molar-refractivity contribution in [3.8, 4) is 10.6 Å². The first-order valence-corrected chi connectivity index (χ1v) is 12.3. The second-order valence-electron chi connectivity index (χ2n) is 9.22. The van der Waals surface area contributed by atoms with Gasteiger partial charge in [-0.05, 0) is 61.2 Å². The van der Waals surface area contributed by atoms with Crippen LogP contribution in [-0.2, 0) is 16.8 Å². The third kappa shape index (κ3) is 3.77. The summed E-state index contributed by atoms with van der Waals surface area (Å²) in [7, 11) is 0. The highest BCUT2D eigenvalue weighted by atomic mass is 32.1. The highest BCUT2D eigenvalue weighted by Crippen LogP contribution is 2.53. The Hall–Kier alpha value is -2.96. The van der Waals surface area contributed by atoms with Crippen LogP contribution in [0.25, 0.3) is 20.9 Å². The predicted molar refractivity (Wildman–Crippen MR) is 129 cm³/mol. The molecule has 0 N–H and O–H groups in total. The van der Waals surface area contributed by atoms with Gasteiger partial charge in [-0.1, -0.05) is 47.7 Å². The zero-order valence-corrected chi connectivity index (χ0v) is 19.0. The first kappa shape index (κ1) is 20.6. The third-order valence-electron chi connectivity index (χ3n) is 6.99. The van der Waals surface area contributed by atoms with E-state index in [2.05, 4.69) is 40.2 Å². The van der Waals surface area contributed by atoms with E-state index in [0.29, 0.717) is 17.1 Å². The maximum absolute atomic E-state index is 15.1. The molecule has 0 amide bonds. The van der Waals surface area contributed by atoms with E-state index in [-0.39, 0.29) is 17.2 Å². The van der Waals surface area contributed by atoms with Crippen molar-refractivity contribution in [2.45, 2.75) is 31.2 Å². The lowest BCUT2D eigenvalue weighted by atomic mass is 9.92. The smallest absolute Gasteiger partial charge is 0.144 e. The Labute approximate surface area is 196 Å². The van der Waals surface area contributed by atoms with Gasteiger partial charge in [-0.15, -0.1) is 0 Å². The Morgan fingerprint density at radius 1 is 1.09 bits per heavy atom. The molecule has 4 aromatic rings. The Morgan fingerprint density at radius 2 is 1.94 bits per heavy atom. The summed E-state index contributed by atoms with van der Waals surface area (Å²) in [6, 6.07) is 20.0. The lowest BCUT2D eigenvalue weighted by Gasteiger charge is -2.15. The zero-order valence-electron chi connectivity index (χ0n) is 18.2. The molecule has 6 heteroatoms. The summed E-state index contributed by atoms with van der Waals surface area (Å²) < 4.78 is 15.1. The quantitative estimate of drug-likeness (QED) is 0.354. The summed E-state index contributed by atoms with van der Waals surface area (Å²) >= 11 is 1.45. The van der Waals surface area contributed by atoms with Crippen molar-refractivity contribution in [1.29, 1.82) is 0 Å². The molecule has 3 heterocycles. The van der Waals surface area contributed by atoms with E-state index >= 15 is 4.39 Å². The van der Waals surface area contributed by atoms with Gasteiger partial charge in [0.2, 0.25) is 0 Å². The van der Waals surface area contributed by atoms with E-state index in [9.17, 15) is 4.79 Å². The molecule has 0 unspecified atom stereocenters. The molecule has 2 aromatic carbocycles. The fourth-order valence-corrected chi connectivity index (χ4v) is 5.94. The van der Waals surface area contributed by atoms with Gasteiger partial charge >= 0.3 is 0 Å². The molecule has 33 heavy (non-hydrogen) atoms. The molecule has 1 atom stereocenters. The third-order valence-corrected chi connectivity index (χ3v) is 7.99. The minimum atomic E-state index is -0.263. The molecule has 0 spiro atoms. The number of hydrogen-bond acceptors (Lipinski definition) is 5. The Morgan fingerprint density at radius 3 is 2.67 bits per heavy atom. The number of carbonyl (C=O) groups is 1. The zero-order chi connectivity index (χ0) is 22.4. The van der Waals surface area contributed by atoms with Crippen LogP contribution in [0.5, 0.6) is 0 Å². The summed E-state index contributed by atoms with van der Waals surface area (Å²) in [4.78, 5) is 23.7. The largest absolute Gasteiger partial charge is 0.303 e. The number of likely N-dealkylation sites (tertiary alicyclic amines) is 1. The number of hydrogen-bond donors (Lipinski definition) is 0. The number of pyridine rings is 1. The number of nitrogens with zero attached hydrogens (tertiary/aromatic N) is 3. The van der Waals surface area contributed by atoms with Crippen molar-refractivity contribution >= 4 is 28.0 Å². The van der Waals surface area contributed by atoms with Crippen molar-refractivity contribution in [2.75, 3.05) is 13.1 Å². The summed E-state index contributed by atoms with van der Waals surface area (Å²) in [5.41, 5.74) is 4.63. The van der Waals surface area contributed by atoms with Crippen LogP contribution in [0.3, 0.4) is 0 Å². The van der Waals surface area contributed by atoms with Crippen molar-refractivity contribution < 1.29 is 9.18 Å². The maximum Gasteiger partial charge on any atom is 0.144 e. The van der Waals surface area contributed by atoms with E-state index in [1.54, 1.807) is 6.07 Å². The molecule has 2 fully saturated rings. The lowest BCUT2D eigenvalue weighted by Crippen LogP contribution is -2.20. The molecule has 1 aliphatic carbocycles. The fourth-order valence-electron chi connectivity index (χ4n) is 4.98. The first-order chi connectivity index (χ1) is 16.1. The Bertz CT molecular complexity index is 1330. The fraction of sp³-hybridized carbons (Fsp3) is 0.296. The molecule has 1 saturated carbocycles. The summed E-state index contributed by atoms with van der Waals surface area (Å²) in [5.74, 6) is -0.160. The van der Waals surface area contributed by atoms with E-state index in [1.807, 2.05) is 24.3 Å². The van der Waals surface area contributed by atoms with Gasteiger partial charge in [0.15, 0.2) is 0 Å². The van der Waals surface area contributed by atoms with Gasteiger partial charge < -0.3 is 4.79 Å². The van der Waals surface area contributed by atoms with Gasteiger partial charge in [-0.3, -0.25) is 4.90 Å². The molecule has 4 nitrogen and oxygen atoms in total. The minimum absolute atomic E-state index is 0.00489. The van der Waals surface area contributed by atoms with E-state index < -0.39 is 0 Å². The standard InChI is InChI=1S/C27H24FN3OS/c28-22-14-18(15-31-13-10-19(16-31)17-32)6-7-21(22)25-29-23-8-9-24(30-26(23)33-25)27(11-12-27)20-4-2-1-3-5-20/h1-9,14,17,19H,10-13,15-16H2/t19-/m0/s1. The lowest BCUT2D eigenvalue weighted by molar-refractivity contribution is -0.110. The summed E-state index contributed by atoms with van der Waals surface area (Å²) in [6.45, 7) is 2.29. The predicted octanol–water partition coefficient (Wildman–Crippen LogP) is 5.60. The normalized spacial score (nSPS) is 19.7. The van der Waals surface area contributed by atoms with Gasteiger partial charge in [0.05, 0.1) is 5.69 Å². The SMILES string of the molecule is O=C[C@H]1CCN(Cc2ccc(-c3nc4ccc(C5(c6ccccc6)CC5)nc4s3)c(F)c2)C1. The average Bonchev–Trinajstić information content (AvgIpc) is 3.34. The molecule has 2 aliphatic rings. The van der Waals surface area contributed by atoms with Gasteiger partial charge in [0.1, 0.15) is 27.5 Å². The second kappa shape index (κ2) is 8.12. The number of aromatic nitrogens is 2. The highest BCUT2D eigenvalue weighted by molar-refractivity contribution is 7.21. The molecule has 0 radical (unpaired) electrons. The van der Waals surface area contributed by atoms with Crippen LogP contribution in [0.1, 0.15) is 36.1 Å². The molecular formula is C27H24FN3OS. The van der Waals surface area contributed by atoms with Crippen LogP contribution >= 0.6 is 11.3 Å². The average molecular weight is 458 g/mol. The van der Waals surface area contributed by atoms with E-state index in [1.165, 1.54) is 16.9 Å². The monoisotopic (exact) mass is 457 g/mol. The Balaban J connectivity index is 1.27. The molecule has 6 rings (SSSR count). The molecule has 2 aromatic heterocycles. The summed E-state index contributed by atoms with van der Waals surface area (Å²) in [6.07, 6.45) is 4.11. The number of thiazole rings is 1. The number of rotatable bonds is 6. The van der Waals surface area contributed by atoms with Gasteiger partial charge in [-0.25, -0.2) is 14.4 Å². The number of aldehydes is 1. The highest BCUT2D eigenvalue weighted by Gasteiger charge is 2.47. The van der Waals surface area contributed by atoms with Crippen LogP contribution in [0.15, 0.2) is 60.7 Å². The van der Waals surface area contributed by atoms with Gasteiger partial charge in [0.25, 0.3) is 0 Å². The maximum atomic E-state index is 15.1. The van der Waals surface area contributed by atoms with Crippen molar-refractivity contribution in [1.82, 2.24) is 14.9 Å². The van der Waals surface area contributed by atoms with Crippen LogP contribution in [0.2, 0.25) is 0 Å². The molecule has 1 aliphatic heterocycles. The van der Waals surface area contributed by atoms with Crippen LogP contribution < -0.4 is 0 Å². The van der Waals surface area contributed by atoms with E-state index in [0.717, 1.165) is 60.2 Å². The Kier molecular flexibility index (Phi) is 5.07. The number of benzene rings is 2. The minimum Gasteiger partial charge on any atom is -0.303 e. The molecule has 1 saturated heterocycles. The van der Waals surface area contributed by atoms with Crippen LogP contribution in [0.4, 0.5) is 4.39 Å². The van der Waals surface area contributed by atoms with Crippen LogP contribution in [-0.4, -0.2) is 34.2 Å². The molecular weight excluding hydrogens is 433 g/mol. The number of fused-ring (bicyclic) bond motifs is 1. The first-order valence-electron chi connectivity index (χ1n) is 11.4. The number of carbonyl (C=O) groups excluding carboxylic acids is 1. The second-order valence-corrected chi connectivity index (χ2v) is 10.2. The molecule has 0 bridgehead atoms. The molecule has 166 valence electrons. The number of halogens is 1. The van der Waals surface area contributed by atoms with Gasteiger partial charge in [-0.2, -0.15) is 0 Å². The van der Waals surface area contributed by atoms with Crippen molar-refractivity contribution in [3.05, 3.63) is 83.3 Å². The topological polar surface area (TPSA) is 46.1 Å². The van der Waals surface area contributed by atoms with E-state index in [4.69, 9.17) is 4.98 Å². The van der Waals surface area contributed by atoms with Crippen molar-refractivity contribution in [2.24, 2.45) is 5.92 Å². The summed E-state index contributed by atoms with van der Waals surface area (Å²) in [5, 5.41) is 0.658.